The number of hydrogen-bond acceptors (Lipinski definition) is 4. The highest BCUT2D eigenvalue weighted by Crippen LogP contribution is 2.28. The summed E-state index contributed by atoms with van der Waals surface area (Å²) in [6.07, 6.45) is 1.83. The van der Waals surface area contributed by atoms with Gasteiger partial charge in [0.15, 0.2) is 0 Å². The Balaban J connectivity index is 1.84. The maximum absolute atomic E-state index is 9.01. The van der Waals surface area contributed by atoms with Crippen molar-refractivity contribution in [3.8, 4) is 6.07 Å². The molecule has 1 unspecified atom stereocenters. The zero-order chi connectivity index (χ0) is 14.8. The fourth-order valence-electron chi connectivity index (χ4n) is 2.81. The molecule has 0 aliphatic carbocycles. The summed E-state index contributed by atoms with van der Waals surface area (Å²) in [5, 5.41) is 10.8. The first-order valence-corrected chi connectivity index (χ1v) is 7.50. The maximum atomic E-state index is 9.01. The van der Waals surface area contributed by atoms with Gasteiger partial charge in [0.05, 0.1) is 17.6 Å². The van der Waals surface area contributed by atoms with Crippen molar-refractivity contribution in [2.45, 2.75) is 13.0 Å². The molecule has 1 aromatic heterocycles. The highest BCUT2D eigenvalue weighted by atomic mass is 35.5. The van der Waals surface area contributed by atoms with E-state index in [1.54, 1.807) is 0 Å². The molecule has 1 saturated heterocycles. The van der Waals surface area contributed by atoms with E-state index >= 15 is 0 Å². The molecule has 0 spiro atoms. The van der Waals surface area contributed by atoms with Gasteiger partial charge >= 0.3 is 0 Å². The van der Waals surface area contributed by atoms with Crippen LogP contribution in [0.15, 0.2) is 30.5 Å². The number of nitrogens with zero attached hydrogens (tertiary/aromatic N) is 4. The van der Waals surface area contributed by atoms with E-state index in [9.17, 15) is 0 Å². The molecule has 0 N–H and O–H groups in total. The molecule has 0 bridgehead atoms. The standard InChI is InChI=1S/C16H17ClN4/c1-12(11-18)20-6-8-21(9-7-20)16-4-5-19-15-10-13(17)2-3-14(15)16/h2-5,10,12H,6-9H2,1H3. The molecule has 21 heavy (non-hydrogen) atoms. The van der Waals surface area contributed by atoms with E-state index in [0.29, 0.717) is 5.02 Å². The number of piperazine rings is 1. The summed E-state index contributed by atoms with van der Waals surface area (Å²) in [7, 11) is 0. The van der Waals surface area contributed by atoms with Gasteiger partial charge in [-0.15, -0.1) is 0 Å². The molecule has 1 atom stereocenters. The van der Waals surface area contributed by atoms with Gasteiger partial charge in [-0.25, -0.2) is 0 Å². The Morgan fingerprint density at radius 1 is 1.24 bits per heavy atom. The minimum atomic E-state index is -0.0138. The topological polar surface area (TPSA) is 43.2 Å². The quantitative estimate of drug-likeness (QED) is 0.855. The summed E-state index contributed by atoms with van der Waals surface area (Å²) < 4.78 is 0. The van der Waals surface area contributed by atoms with Crippen LogP contribution in [0.4, 0.5) is 5.69 Å². The van der Waals surface area contributed by atoms with Crippen molar-refractivity contribution < 1.29 is 0 Å². The predicted octanol–water partition coefficient (Wildman–Crippen LogP) is 2.92. The normalized spacial score (nSPS) is 17.7. The van der Waals surface area contributed by atoms with Crippen molar-refractivity contribution in [3.05, 3.63) is 35.5 Å². The van der Waals surface area contributed by atoms with Crippen LogP contribution in [-0.4, -0.2) is 42.1 Å². The summed E-state index contributed by atoms with van der Waals surface area (Å²) >= 11 is 6.04. The second-order valence-electron chi connectivity index (χ2n) is 5.32. The summed E-state index contributed by atoms with van der Waals surface area (Å²) in [4.78, 5) is 8.97. The van der Waals surface area contributed by atoms with Crippen molar-refractivity contribution >= 4 is 28.2 Å². The number of aromatic nitrogens is 1. The third-order valence-electron chi connectivity index (χ3n) is 4.07. The highest BCUT2D eigenvalue weighted by Gasteiger charge is 2.21. The van der Waals surface area contributed by atoms with E-state index in [1.807, 2.05) is 31.3 Å². The Bertz CT molecular complexity index is 686. The molecule has 0 amide bonds. The monoisotopic (exact) mass is 300 g/mol. The van der Waals surface area contributed by atoms with Crippen molar-refractivity contribution in [3.63, 3.8) is 0 Å². The van der Waals surface area contributed by atoms with E-state index in [-0.39, 0.29) is 6.04 Å². The zero-order valence-corrected chi connectivity index (χ0v) is 12.7. The van der Waals surface area contributed by atoms with Crippen LogP contribution in [0.2, 0.25) is 5.02 Å². The molecular weight excluding hydrogens is 284 g/mol. The van der Waals surface area contributed by atoms with Crippen LogP contribution in [-0.2, 0) is 0 Å². The van der Waals surface area contributed by atoms with Gasteiger partial charge in [-0.3, -0.25) is 9.88 Å². The van der Waals surface area contributed by atoms with Gasteiger partial charge in [0.1, 0.15) is 0 Å². The molecule has 2 heterocycles. The molecule has 0 saturated carbocycles. The van der Waals surface area contributed by atoms with Gasteiger partial charge < -0.3 is 4.90 Å². The van der Waals surface area contributed by atoms with E-state index in [1.165, 1.54) is 5.69 Å². The maximum Gasteiger partial charge on any atom is 0.0950 e. The lowest BCUT2D eigenvalue weighted by Gasteiger charge is -2.37. The summed E-state index contributed by atoms with van der Waals surface area (Å²) in [6, 6.07) is 10.2. The van der Waals surface area contributed by atoms with Crippen molar-refractivity contribution in [2.75, 3.05) is 31.1 Å². The molecule has 1 aliphatic rings. The molecule has 1 aromatic carbocycles. The van der Waals surface area contributed by atoms with Crippen molar-refractivity contribution in [2.24, 2.45) is 0 Å². The molecular formula is C16H17ClN4. The van der Waals surface area contributed by atoms with Gasteiger partial charge in [0, 0.05) is 48.5 Å². The van der Waals surface area contributed by atoms with Gasteiger partial charge in [-0.05, 0) is 31.2 Å². The number of pyridine rings is 1. The van der Waals surface area contributed by atoms with E-state index in [2.05, 4.69) is 26.9 Å². The zero-order valence-electron chi connectivity index (χ0n) is 12.0. The predicted molar refractivity (Wildman–Crippen MR) is 85.6 cm³/mol. The van der Waals surface area contributed by atoms with Crippen LogP contribution in [0, 0.1) is 11.3 Å². The van der Waals surface area contributed by atoms with Crippen LogP contribution in [0.3, 0.4) is 0 Å². The number of hydrogen-bond donors (Lipinski definition) is 0. The number of nitriles is 1. The number of rotatable bonds is 2. The lowest BCUT2D eigenvalue weighted by atomic mass is 10.1. The average Bonchev–Trinajstić information content (AvgIpc) is 2.53. The Morgan fingerprint density at radius 2 is 2.00 bits per heavy atom. The van der Waals surface area contributed by atoms with E-state index in [0.717, 1.165) is 37.1 Å². The number of benzene rings is 1. The first kappa shape index (κ1) is 14.1. The van der Waals surface area contributed by atoms with Crippen LogP contribution in [0.25, 0.3) is 10.9 Å². The number of halogens is 1. The minimum Gasteiger partial charge on any atom is -0.368 e. The number of fused-ring (bicyclic) bond motifs is 1. The van der Waals surface area contributed by atoms with Gasteiger partial charge in [-0.2, -0.15) is 5.26 Å². The van der Waals surface area contributed by atoms with Crippen molar-refractivity contribution in [1.82, 2.24) is 9.88 Å². The molecule has 0 radical (unpaired) electrons. The molecule has 4 nitrogen and oxygen atoms in total. The fraction of sp³-hybridized carbons (Fsp3) is 0.375. The number of anilines is 1. The Morgan fingerprint density at radius 3 is 2.71 bits per heavy atom. The molecule has 5 heteroatoms. The third kappa shape index (κ3) is 2.80. The molecule has 2 aromatic rings. The molecule has 1 aliphatic heterocycles. The van der Waals surface area contributed by atoms with E-state index in [4.69, 9.17) is 16.9 Å². The van der Waals surface area contributed by atoms with Crippen LogP contribution in [0.5, 0.6) is 0 Å². The van der Waals surface area contributed by atoms with Crippen LogP contribution >= 0.6 is 11.6 Å². The smallest absolute Gasteiger partial charge is 0.0950 e. The third-order valence-corrected chi connectivity index (χ3v) is 4.31. The largest absolute Gasteiger partial charge is 0.368 e. The average molecular weight is 301 g/mol. The summed E-state index contributed by atoms with van der Waals surface area (Å²) in [5.74, 6) is 0. The second-order valence-corrected chi connectivity index (χ2v) is 5.76. The first-order valence-electron chi connectivity index (χ1n) is 7.12. The lowest BCUT2D eigenvalue weighted by molar-refractivity contribution is 0.232. The Labute approximate surface area is 129 Å². The highest BCUT2D eigenvalue weighted by molar-refractivity contribution is 6.31. The fourth-order valence-corrected chi connectivity index (χ4v) is 2.98. The van der Waals surface area contributed by atoms with E-state index < -0.39 is 0 Å². The van der Waals surface area contributed by atoms with Crippen molar-refractivity contribution in [1.29, 1.82) is 5.26 Å². The minimum absolute atomic E-state index is 0.0138. The summed E-state index contributed by atoms with van der Waals surface area (Å²) in [5.41, 5.74) is 2.12. The van der Waals surface area contributed by atoms with Gasteiger partial charge in [0.25, 0.3) is 0 Å². The first-order chi connectivity index (χ1) is 10.2. The lowest BCUT2D eigenvalue weighted by Crippen LogP contribution is -2.49. The van der Waals surface area contributed by atoms with Gasteiger partial charge in [-0.1, -0.05) is 11.6 Å². The molecule has 108 valence electrons. The second kappa shape index (κ2) is 5.88. The Kier molecular flexibility index (Phi) is 3.96. The summed E-state index contributed by atoms with van der Waals surface area (Å²) in [6.45, 7) is 5.62. The molecule has 1 fully saturated rings. The molecule has 3 rings (SSSR count). The van der Waals surface area contributed by atoms with Crippen LogP contribution in [0.1, 0.15) is 6.92 Å². The Hall–Kier alpha value is -1.83. The SMILES string of the molecule is CC(C#N)N1CCN(c2ccnc3cc(Cl)ccc23)CC1. The van der Waals surface area contributed by atoms with Crippen LogP contribution < -0.4 is 4.90 Å². The van der Waals surface area contributed by atoms with Gasteiger partial charge in [0.2, 0.25) is 0 Å².